The molecule has 4 nitrogen and oxygen atoms in total. The van der Waals surface area contributed by atoms with Gasteiger partial charge in [-0.25, -0.2) is 0 Å². The summed E-state index contributed by atoms with van der Waals surface area (Å²) in [4.78, 5) is 12.3. The number of hydrogen-bond donors (Lipinski definition) is 2. The minimum atomic E-state index is -1.55. The molecule has 0 aliphatic rings. The van der Waals surface area contributed by atoms with Crippen molar-refractivity contribution < 1.29 is 9.00 Å². The Balaban J connectivity index is 2.08. The third-order valence-electron chi connectivity index (χ3n) is 2.63. The average Bonchev–Trinajstić information content (AvgIpc) is 2.44. The Hall–Kier alpha value is -1.37. The largest absolute Gasteiger partial charge is 0.398 e. The fourth-order valence-electron chi connectivity index (χ4n) is 1.65. The molecule has 0 aliphatic carbocycles. The predicted octanol–water partition coefficient (Wildman–Crippen LogP) is 3.43. The minimum Gasteiger partial charge on any atom is -0.398 e. The van der Waals surface area contributed by atoms with Crippen LogP contribution in [0.2, 0.25) is 5.02 Å². The van der Waals surface area contributed by atoms with Crippen LogP contribution < -0.4 is 11.1 Å². The highest BCUT2D eigenvalue weighted by Gasteiger charge is 2.14. The van der Waals surface area contributed by atoms with Crippen molar-refractivity contribution in [2.45, 2.75) is 4.90 Å². The predicted molar refractivity (Wildman–Crippen MR) is 89.9 cm³/mol. The second kappa shape index (κ2) is 7.06. The van der Waals surface area contributed by atoms with Gasteiger partial charge in [0.15, 0.2) is 0 Å². The number of nitrogens with two attached hydrogens (primary N) is 1. The van der Waals surface area contributed by atoms with E-state index in [0.717, 1.165) is 4.47 Å². The average molecular weight is 388 g/mol. The van der Waals surface area contributed by atoms with Gasteiger partial charge in [0.1, 0.15) is 5.75 Å². The van der Waals surface area contributed by atoms with Crippen molar-refractivity contribution in [1.29, 1.82) is 0 Å². The third kappa shape index (κ3) is 4.30. The third-order valence-corrected chi connectivity index (χ3v) is 4.93. The van der Waals surface area contributed by atoms with Gasteiger partial charge in [-0.15, -0.1) is 0 Å². The van der Waals surface area contributed by atoms with E-state index in [4.69, 9.17) is 17.3 Å². The molecule has 1 unspecified atom stereocenters. The second-order valence-electron chi connectivity index (χ2n) is 4.20. The molecule has 110 valence electrons. The summed E-state index contributed by atoms with van der Waals surface area (Å²) >= 11 is 9.18. The minimum absolute atomic E-state index is 0.189. The molecule has 2 aromatic rings. The first-order valence-electron chi connectivity index (χ1n) is 5.95. The Bertz CT molecular complexity index is 709. The molecule has 2 rings (SSSR count). The molecule has 0 fully saturated rings. The van der Waals surface area contributed by atoms with Crippen molar-refractivity contribution in [3.8, 4) is 0 Å². The number of carbonyl (C=O) groups excluding carboxylic acids is 1. The van der Waals surface area contributed by atoms with Gasteiger partial charge < -0.3 is 11.1 Å². The maximum Gasteiger partial charge on any atom is 0.237 e. The van der Waals surface area contributed by atoms with E-state index < -0.39 is 10.8 Å². The molecule has 0 spiro atoms. The number of para-hydroxylation sites is 1. The molecule has 7 heteroatoms. The van der Waals surface area contributed by atoms with Crippen molar-refractivity contribution in [1.82, 2.24) is 0 Å². The molecule has 21 heavy (non-hydrogen) atoms. The molecule has 0 aromatic heterocycles. The zero-order chi connectivity index (χ0) is 15.4. The molecular formula is C14H12BrClN2O2S. The highest BCUT2D eigenvalue weighted by molar-refractivity contribution is 9.10. The van der Waals surface area contributed by atoms with Gasteiger partial charge in [-0.1, -0.05) is 23.7 Å². The number of nitrogen functional groups attached to an aromatic ring is 1. The van der Waals surface area contributed by atoms with Crippen molar-refractivity contribution in [2.75, 3.05) is 16.8 Å². The van der Waals surface area contributed by atoms with Crippen molar-refractivity contribution in [3.63, 3.8) is 0 Å². The van der Waals surface area contributed by atoms with E-state index in [1.165, 1.54) is 6.07 Å². The van der Waals surface area contributed by atoms with Crippen LogP contribution in [0.4, 0.5) is 11.4 Å². The van der Waals surface area contributed by atoms with Crippen molar-refractivity contribution in [3.05, 3.63) is 52.0 Å². The number of halogens is 2. The summed E-state index contributed by atoms with van der Waals surface area (Å²) in [7, 11) is -1.55. The molecule has 2 aromatic carbocycles. The van der Waals surface area contributed by atoms with E-state index in [-0.39, 0.29) is 11.7 Å². The number of rotatable bonds is 4. The lowest BCUT2D eigenvalue weighted by Gasteiger charge is -2.08. The highest BCUT2D eigenvalue weighted by atomic mass is 79.9. The van der Waals surface area contributed by atoms with Gasteiger partial charge in [-0.3, -0.25) is 9.00 Å². The smallest absolute Gasteiger partial charge is 0.237 e. The van der Waals surface area contributed by atoms with E-state index in [1.54, 1.807) is 24.3 Å². The molecule has 0 saturated carbocycles. The molecule has 0 bridgehead atoms. The first kappa shape index (κ1) is 16.0. The lowest BCUT2D eigenvalue weighted by molar-refractivity contribution is -0.113. The molecule has 0 aliphatic heterocycles. The lowest BCUT2D eigenvalue weighted by Crippen LogP contribution is -2.20. The number of anilines is 2. The van der Waals surface area contributed by atoms with Crippen LogP contribution in [0.1, 0.15) is 0 Å². The van der Waals surface area contributed by atoms with Gasteiger partial charge in [0.2, 0.25) is 5.91 Å². The van der Waals surface area contributed by atoms with Crippen molar-refractivity contribution in [2.24, 2.45) is 0 Å². The summed E-state index contributed by atoms with van der Waals surface area (Å²) < 4.78 is 13.0. The summed E-state index contributed by atoms with van der Waals surface area (Å²) in [6.45, 7) is 0. The van der Waals surface area contributed by atoms with E-state index >= 15 is 0 Å². The Morgan fingerprint density at radius 3 is 2.71 bits per heavy atom. The first-order chi connectivity index (χ1) is 9.97. The van der Waals surface area contributed by atoms with E-state index in [9.17, 15) is 9.00 Å². The van der Waals surface area contributed by atoms with Gasteiger partial charge in [-0.2, -0.15) is 0 Å². The van der Waals surface area contributed by atoms with Crippen LogP contribution in [-0.2, 0) is 15.6 Å². The summed E-state index contributed by atoms with van der Waals surface area (Å²) in [5, 5.41) is 3.12. The quantitative estimate of drug-likeness (QED) is 0.789. The zero-order valence-corrected chi connectivity index (χ0v) is 14.0. The van der Waals surface area contributed by atoms with E-state index in [2.05, 4.69) is 21.2 Å². The molecule has 3 N–H and O–H groups in total. The van der Waals surface area contributed by atoms with Crippen LogP contribution in [0.5, 0.6) is 0 Å². The molecule has 1 atom stereocenters. The molecule has 0 heterocycles. The number of carbonyl (C=O) groups is 1. The van der Waals surface area contributed by atoms with Crippen LogP contribution in [0.25, 0.3) is 0 Å². The zero-order valence-electron chi connectivity index (χ0n) is 10.8. The van der Waals surface area contributed by atoms with Crippen LogP contribution >= 0.6 is 27.5 Å². The Labute approximate surface area is 138 Å². The Morgan fingerprint density at radius 1 is 1.29 bits per heavy atom. The monoisotopic (exact) mass is 386 g/mol. The number of hydrogen-bond acceptors (Lipinski definition) is 3. The standard InChI is InChI=1S/C14H12BrClN2O2S/c15-10-3-1-2-4-12(10)18-14(19)8-21(20)13-7-9(16)5-6-11(13)17/h1-7H,8,17H2,(H,18,19). The van der Waals surface area contributed by atoms with E-state index in [0.29, 0.717) is 21.3 Å². The molecule has 0 saturated heterocycles. The maximum atomic E-state index is 12.2. The van der Waals surface area contributed by atoms with Gasteiger partial charge in [0, 0.05) is 15.2 Å². The fraction of sp³-hybridized carbons (Fsp3) is 0.0714. The SMILES string of the molecule is Nc1ccc(Cl)cc1S(=O)CC(=O)Nc1ccccc1Br. The van der Waals surface area contributed by atoms with Crippen LogP contribution in [0.15, 0.2) is 51.8 Å². The van der Waals surface area contributed by atoms with Gasteiger partial charge in [0.05, 0.1) is 21.4 Å². The van der Waals surface area contributed by atoms with Gasteiger partial charge in [0.25, 0.3) is 0 Å². The molecule has 1 amide bonds. The molecular weight excluding hydrogens is 376 g/mol. The van der Waals surface area contributed by atoms with Crippen molar-refractivity contribution >= 4 is 55.6 Å². The second-order valence-corrected chi connectivity index (χ2v) is 6.91. The van der Waals surface area contributed by atoms with Gasteiger partial charge >= 0.3 is 0 Å². The highest BCUT2D eigenvalue weighted by Crippen LogP contribution is 2.23. The summed E-state index contributed by atoms with van der Waals surface area (Å²) in [5.74, 6) is -0.550. The van der Waals surface area contributed by atoms with Crippen LogP contribution in [-0.4, -0.2) is 15.9 Å². The lowest BCUT2D eigenvalue weighted by atomic mass is 10.3. The van der Waals surface area contributed by atoms with Crippen LogP contribution in [0, 0.1) is 0 Å². The fourth-order valence-corrected chi connectivity index (χ4v) is 3.33. The normalized spacial score (nSPS) is 11.9. The summed E-state index contributed by atoms with van der Waals surface area (Å²) in [6.07, 6.45) is 0. The Morgan fingerprint density at radius 2 is 2.00 bits per heavy atom. The maximum absolute atomic E-state index is 12.2. The van der Waals surface area contributed by atoms with Gasteiger partial charge in [-0.05, 0) is 46.3 Å². The first-order valence-corrected chi connectivity index (χ1v) is 8.44. The topological polar surface area (TPSA) is 72.2 Å². The Kier molecular flexibility index (Phi) is 5.39. The van der Waals surface area contributed by atoms with E-state index in [1.807, 2.05) is 12.1 Å². The summed E-state index contributed by atoms with van der Waals surface area (Å²) in [5.41, 5.74) is 6.73. The number of amides is 1. The molecule has 0 radical (unpaired) electrons. The number of nitrogens with one attached hydrogen (secondary N) is 1. The van der Waals surface area contributed by atoms with Crippen LogP contribution in [0.3, 0.4) is 0 Å². The summed E-state index contributed by atoms with van der Waals surface area (Å²) in [6, 6.07) is 11.9. The number of benzene rings is 2.